The van der Waals surface area contributed by atoms with E-state index in [-0.39, 0.29) is 5.82 Å². The number of anilines is 1. The highest BCUT2D eigenvalue weighted by molar-refractivity contribution is 5.60. The van der Waals surface area contributed by atoms with Gasteiger partial charge < -0.3 is 9.47 Å². The number of imidazole rings is 1. The molecule has 0 saturated heterocycles. The quantitative estimate of drug-likeness (QED) is 0.724. The van der Waals surface area contributed by atoms with Crippen molar-refractivity contribution in [3.8, 4) is 6.07 Å². The minimum absolute atomic E-state index is 0.372. The molecule has 2 aromatic carbocycles. The van der Waals surface area contributed by atoms with E-state index in [0.717, 1.165) is 37.3 Å². The van der Waals surface area contributed by atoms with E-state index in [1.165, 1.54) is 23.4 Å². The summed E-state index contributed by atoms with van der Waals surface area (Å²) in [6.07, 6.45) is 3.75. The van der Waals surface area contributed by atoms with Gasteiger partial charge in [-0.2, -0.15) is 5.26 Å². The molecule has 0 bridgehead atoms. The summed E-state index contributed by atoms with van der Waals surface area (Å²) < 4.78 is 15.6. The SMILES string of the molecule is N#Cc1cc(F)ccc1N1CCc2c(ncn2CCc2ccccc2)C1. The molecule has 5 heteroatoms. The Bertz CT molecular complexity index is 956. The fourth-order valence-corrected chi connectivity index (χ4v) is 3.54. The van der Waals surface area contributed by atoms with Gasteiger partial charge in [0.25, 0.3) is 0 Å². The molecule has 0 unspecified atom stereocenters. The van der Waals surface area contributed by atoms with Gasteiger partial charge in [0.1, 0.15) is 11.9 Å². The van der Waals surface area contributed by atoms with Crippen molar-refractivity contribution in [1.82, 2.24) is 9.55 Å². The van der Waals surface area contributed by atoms with Gasteiger partial charge in [-0.3, -0.25) is 0 Å². The van der Waals surface area contributed by atoms with Crippen LogP contribution in [-0.2, 0) is 25.9 Å². The highest BCUT2D eigenvalue weighted by Crippen LogP contribution is 2.27. The Morgan fingerprint density at radius 2 is 2.00 bits per heavy atom. The van der Waals surface area contributed by atoms with Crippen molar-refractivity contribution in [2.24, 2.45) is 0 Å². The van der Waals surface area contributed by atoms with Crippen molar-refractivity contribution in [2.75, 3.05) is 11.4 Å². The average Bonchev–Trinajstić information content (AvgIpc) is 3.09. The molecule has 1 aliphatic heterocycles. The maximum Gasteiger partial charge on any atom is 0.124 e. The van der Waals surface area contributed by atoms with Crippen molar-refractivity contribution < 1.29 is 4.39 Å². The summed E-state index contributed by atoms with van der Waals surface area (Å²) in [6, 6.07) is 16.9. The number of benzene rings is 2. The van der Waals surface area contributed by atoms with Crippen LogP contribution < -0.4 is 4.90 Å². The minimum Gasteiger partial charge on any atom is -0.364 e. The van der Waals surface area contributed by atoms with E-state index in [1.54, 1.807) is 6.07 Å². The van der Waals surface area contributed by atoms with Crippen molar-refractivity contribution in [2.45, 2.75) is 25.9 Å². The van der Waals surface area contributed by atoms with Crippen LogP contribution in [0.25, 0.3) is 0 Å². The molecule has 4 nitrogen and oxygen atoms in total. The summed E-state index contributed by atoms with van der Waals surface area (Å²) in [7, 11) is 0. The number of halogens is 1. The minimum atomic E-state index is -0.381. The highest BCUT2D eigenvalue weighted by atomic mass is 19.1. The van der Waals surface area contributed by atoms with Gasteiger partial charge in [-0.25, -0.2) is 9.37 Å². The van der Waals surface area contributed by atoms with Crippen LogP contribution in [0.5, 0.6) is 0 Å². The zero-order valence-corrected chi connectivity index (χ0v) is 14.4. The van der Waals surface area contributed by atoms with Gasteiger partial charge in [-0.05, 0) is 30.2 Å². The molecule has 26 heavy (non-hydrogen) atoms. The topological polar surface area (TPSA) is 44.9 Å². The van der Waals surface area contributed by atoms with Crippen LogP contribution in [0.4, 0.5) is 10.1 Å². The number of rotatable bonds is 4. The van der Waals surface area contributed by atoms with Crippen LogP contribution in [0, 0.1) is 17.1 Å². The normalized spacial score (nSPS) is 13.3. The smallest absolute Gasteiger partial charge is 0.124 e. The zero-order valence-electron chi connectivity index (χ0n) is 14.4. The monoisotopic (exact) mass is 346 g/mol. The number of hydrogen-bond acceptors (Lipinski definition) is 3. The van der Waals surface area contributed by atoms with E-state index in [4.69, 9.17) is 0 Å². The number of aryl methyl sites for hydroxylation is 2. The van der Waals surface area contributed by atoms with Gasteiger partial charge in [0.05, 0.1) is 29.8 Å². The molecule has 0 amide bonds. The first-order chi connectivity index (χ1) is 12.7. The first kappa shape index (κ1) is 16.3. The largest absolute Gasteiger partial charge is 0.364 e. The van der Waals surface area contributed by atoms with E-state index >= 15 is 0 Å². The van der Waals surface area contributed by atoms with E-state index < -0.39 is 0 Å². The predicted octanol–water partition coefficient (Wildman–Crippen LogP) is 3.70. The fourth-order valence-electron chi connectivity index (χ4n) is 3.54. The van der Waals surface area contributed by atoms with Gasteiger partial charge in [-0.1, -0.05) is 30.3 Å². The third-order valence-corrected chi connectivity index (χ3v) is 4.90. The molecular formula is C21H19FN4. The Labute approximate surface area is 152 Å². The fraction of sp³-hybridized carbons (Fsp3) is 0.238. The lowest BCUT2D eigenvalue weighted by atomic mass is 10.1. The summed E-state index contributed by atoms with van der Waals surface area (Å²) in [4.78, 5) is 6.69. The van der Waals surface area contributed by atoms with Crippen LogP contribution in [-0.4, -0.2) is 16.1 Å². The van der Waals surface area contributed by atoms with Gasteiger partial charge in [0.15, 0.2) is 0 Å². The lowest BCUT2D eigenvalue weighted by molar-refractivity contribution is 0.619. The third-order valence-electron chi connectivity index (χ3n) is 4.90. The first-order valence-corrected chi connectivity index (χ1v) is 8.76. The molecule has 0 fully saturated rings. The molecule has 0 N–H and O–H groups in total. The maximum atomic E-state index is 13.4. The molecular weight excluding hydrogens is 327 g/mol. The molecule has 0 saturated carbocycles. The molecule has 0 radical (unpaired) electrons. The number of aromatic nitrogens is 2. The number of fused-ring (bicyclic) bond motifs is 1. The van der Waals surface area contributed by atoms with Crippen LogP contribution in [0.1, 0.15) is 22.5 Å². The number of nitriles is 1. The number of hydrogen-bond donors (Lipinski definition) is 0. The van der Waals surface area contributed by atoms with E-state index in [0.29, 0.717) is 12.1 Å². The lowest BCUT2D eigenvalue weighted by Gasteiger charge is -2.29. The van der Waals surface area contributed by atoms with Gasteiger partial charge >= 0.3 is 0 Å². The van der Waals surface area contributed by atoms with Crippen molar-refractivity contribution >= 4 is 5.69 Å². The Hall–Kier alpha value is -3.13. The highest BCUT2D eigenvalue weighted by Gasteiger charge is 2.22. The van der Waals surface area contributed by atoms with E-state index in [1.807, 2.05) is 12.4 Å². The zero-order chi connectivity index (χ0) is 17.9. The molecule has 1 aromatic heterocycles. The van der Waals surface area contributed by atoms with Gasteiger partial charge in [-0.15, -0.1) is 0 Å². The third kappa shape index (κ3) is 3.18. The van der Waals surface area contributed by atoms with Crippen LogP contribution in [0.2, 0.25) is 0 Å². The molecule has 0 spiro atoms. The van der Waals surface area contributed by atoms with E-state index in [9.17, 15) is 9.65 Å². The Balaban J connectivity index is 1.51. The Kier molecular flexibility index (Phi) is 4.40. The predicted molar refractivity (Wildman–Crippen MR) is 98.2 cm³/mol. The maximum absolute atomic E-state index is 13.4. The standard InChI is InChI=1S/C21H19FN4/c22-18-6-7-20(17(12-18)13-23)25-11-9-21-19(14-25)24-15-26(21)10-8-16-4-2-1-3-5-16/h1-7,12,15H,8-11,14H2. The number of nitrogens with zero attached hydrogens (tertiary/aromatic N) is 4. The van der Waals surface area contributed by atoms with Crippen molar-refractivity contribution in [1.29, 1.82) is 5.26 Å². The van der Waals surface area contributed by atoms with Crippen molar-refractivity contribution in [3.05, 3.63) is 83.2 Å². The van der Waals surface area contributed by atoms with Crippen LogP contribution >= 0.6 is 0 Å². The molecule has 2 heterocycles. The van der Waals surface area contributed by atoms with E-state index in [2.05, 4.69) is 44.8 Å². The molecule has 0 atom stereocenters. The van der Waals surface area contributed by atoms with Gasteiger partial charge in [0.2, 0.25) is 0 Å². The Morgan fingerprint density at radius 1 is 1.15 bits per heavy atom. The lowest BCUT2D eigenvalue weighted by Crippen LogP contribution is -2.32. The van der Waals surface area contributed by atoms with Gasteiger partial charge in [0, 0.05) is 25.2 Å². The van der Waals surface area contributed by atoms with Crippen LogP contribution in [0.3, 0.4) is 0 Å². The summed E-state index contributed by atoms with van der Waals surface area (Å²) in [6.45, 7) is 2.35. The average molecular weight is 346 g/mol. The molecule has 0 aliphatic carbocycles. The second-order valence-corrected chi connectivity index (χ2v) is 6.51. The molecule has 130 valence electrons. The first-order valence-electron chi connectivity index (χ1n) is 8.76. The molecule has 3 aromatic rings. The second kappa shape index (κ2) is 7.01. The summed E-state index contributed by atoms with van der Waals surface area (Å²) in [5.41, 5.74) is 4.77. The summed E-state index contributed by atoms with van der Waals surface area (Å²) >= 11 is 0. The summed E-state index contributed by atoms with van der Waals surface area (Å²) in [5, 5.41) is 9.29. The van der Waals surface area contributed by atoms with Crippen LogP contribution in [0.15, 0.2) is 54.9 Å². The molecule has 4 rings (SSSR count). The molecule has 1 aliphatic rings. The van der Waals surface area contributed by atoms with Crippen molar-refractivity contribution in [3.63, 3.8) is 0 Å². The second-order valence-electron chi connectivity index (χ2n) is 6.51. The summed E-state index contributed by atoms with van der Waals surface area (Å²) in [5.74, 6) is -0.381. The Morgan fingerprint density at radius 3 is 2.81 bits per heavy atom.